The first kappa shape index (κ1) is 14.2. The van der Waals surface area contributed by atoms with Gasteiger partial charge in [0.2, 0.25) is 0 Å². The van der Waals surface area contributed by atoms with Gasteiger partial charge < -0.3 is 15.5 Å². The second kappa shape index (κ2) is 5.63. The molecule has 17 heavy (non-hydrogen) atoms. The van der Waals surface area contributed by atoms with Gasteiger partial charge in [-0.1, -0.05) is 32.0 Å². The summed E-state index contributed by atoms with van der Waals surface area (Å²) in [6.07, 6.45) is 0. The zero-order chi connectivity index (χ0) is 13.1. The molecule has 3 N–H and O–H groups in total. The molecule has 0 aliphatic rings. The third-order valence-corrected chi connectivity index (χ3v) is 3.00. The number of hydrogen-bond donors (Lipinski definition) is 3. The Morgan fingerprint density at radius 2 is 2.00 bits per heavy atom. The summed E-state index contributed by atoms with van der Waals surface area (Å²) in [6, 6.07) is 6.06. The molecule has 0 unspecified atom stereocenters. The van der Waals surface area contributed by atoms with Crippen molar-refractivity contribution in [3.8, 4) is 0 Å². The summed E-state index contributed by atoms with van der Waals surface area (Å²) in [5.74, 6) is 0. The number of aliphatic hydroxyl groups excluding tert-OH is 1. The molecule has 0 spiro atoms. The van der Waals surface area contributed by atoms with Crippen LogP contribution in [-0.4, -0.2) is 22.8 Å². The summed E-state index contributed by atoms with van der Waals surface area (Å²) in [5, 5.41) is 22.9. The van der Waals surface area contributed by atoms with E-state index in [9.17, 15) is 10.2 Å². The zero-order valence-electron chi connectivity index (χ0n) is 11.1. The van der Waals surface area contributed by atoms with Gasteiger partial charge in [-0.2, -0.15) is 0 Å². The summed E-state index contributed by atoms with van der Waals surface area (Å²) >= 11 is 0. The third kappa shape index (κ3) is 3.80. The second-order valence-electron chi connectivity index (χ2n) is 5.11. The highest BCUT2D eigenvalue weighted by molar-refractivity contribution is 5.33. The van der Waals surface area contributed by atoms with Crippen molar-refractivity contribution in [3.05, 3.63) is 34.9 Å². The smallest absolute Gasteiger partial charge is 0.0992 e. The lowest BCUT2D eigenvalue weighted by molar-refractivity contribution is 0.0548. The van der Waals surface area contributed by atoms with Crippen LogP contribution in [0.1, 0.15) is 37.5 Å². The van der Waals surface area contributed by atoms with E-state index in [4.69, 9.17) is 0 Å². The molecule has 96 valence electrons. The Labute approximate surface area is 103 Å². The van der Waals surface area contributed by atoms with Crippen LogP contribution in [0, 0.1) is 6.92 Å². The molecule has 0 heterocycles. The van der Waals surface area contributed by atoms with Crippen molar-refractivity contribution in [1.82, 2.24) is 5.32 Å². The van der Waals surface area contributed by atoms with Crippen molar-refractivity contribution in [1.29, 1.82) is 0 Å². The summed E-state index contributed by atoms with van der Waals surface area (Å²) in [6.45, 7) is 8.34. The number of aryl methyl sites for hydroxylation is 1. The molecule has 1 rings (SSSR count). The van der Waals surface area contributed by atoms with Gasteiger partial charge in [0.15, 0.2) is 0 Å². The maximum absolute atomic E-state index is 10.4. The lowest BCUT2D eigenvalue weighted by Crippen LogP contribution is -2.38. The molecule has 1 atom stereocenters. The van der Waals surface area contributed by atoms with Gasteiger partial charge >= 0.3 is 0 Å². The van der Waals surface area contributed by atoms with Crippen molar-refractivity contribution in [3.63, 3.8) is 0 Å². The maximum Gasteiger partial charge on any atom is 0.0992 e. The van der Waals surface area contributed by atoms with Crippen molar-refractivity contribution < 1.29 is 10.2 Å². The first-order chi connectivity index (χ1) is 7.86. The lowest BCUT2D eigenvalue weighted by atomic mass is 9.92. The van der Waals surface area contributed by atoms with Crippen molar-refractivity contribution in [2.75, 3.05) is 6.54 Å². The predicted molar refractivity (Wildman–Crippen MR) is 69.8 cm³/mol. The fourth-order valence-corrected chi connectivity index (χ4v) is 1.68. The van der Waals surface area contributed by atoms with E-state index in [1.54, 1.807) is 6.92 Å². The number of hydrogen-bond acceptors (Lipinski definition) is 3. The van der Waals surface area contributed by atoms with E-state index in [0.717, 1.165) is 16.7 Å². The summed E-state index contributed by atoms with van der Waals surface area (Å²) in [5.41, 5.74) is 1.83. The minimum atomic E-state index is -0.915. The Balaban J connectivity index is 2.90. The van der Waals surface area contributed by atoms with Crippen LogP contribution in [0.4, 0.5) is 0 Å². The number of rotatable bonds is 5. The predicted octanol–water partition coefficient (Wildman–Crippen LogP) is 1.69. The highest BCUT2D eigenvalue weighted by Crippen LogP contribution is 2.22. The topological polar surface area (TPSA) is 52.5 Å². The first-order valence-electron chi connectivity index (χ1n) is 6.03. The molecule has 0 bridgehead atoms. The molecule has 0 aromatic heterocycles. The number of aliphatic hydroxyl groups is 2. The van der Waals surface area contributed by atoms with E-state index < -0.39 is 5.60 Å². The number of nitrogens with one attached hydrogen (secondary N) is 1. The molecule has 0 saturated carbocycles. The second-order valence-corrected chi connectivity index (χ2v) is 5.11. The average molecular weight is 237 g/mol. The Hall–Kier alpha value is -0.900. The van der Waals surface area contributed by atoms with Crippen LogP contribution in [0.25, 0.3) is 0 Å². The summed E-state index contributed by atoms with van der Waals surface area (Å²) < 4.78 is 0. The van der Waals surface area contributed by atoms with Crippen molar-refractivity contribution in [2.45, 2.75) is 45.9 Å². The van der Waals surface area contributed by atoms with E-state index >= 15 is 0 Å². The highest BCUT2D eigenvalue weighted by Gasteiger charge is 2.23. The standard InChI is InChI=1S/C14H23NO2/c1-10(2)15-9-14(4,17)13-6-5-11(3)12(7-13)8-16/h5-7,10,15-17H,8-9H2,1-4H3/t14-/m0/s1. The van der Waals surface area contributed by atoms with Crippen LogP contribution in [-0.2, 0) is 12.2 Å². The monoisotopic (exact) mass is 237 g/mol. The van der Waals surface area contributed by atoms with Crippen LogP contribution < -0.4 is 5.32 Å². The van der Waals surface area contributed by atoms with Crippen LogP contribution in [0.15, 0.2) is 18.2 Å². The first-order valence-corrected chi connectivity index (χ1v) is 6.03. The SMILES string of the molecule is Cc1ccc([C@@](C)(O)CNC(C)C)cc1CO. The molecule has 3 nitrogen and oxygen atoms in total. The van der Waals surface area contributed by atoms with E-state index in [2.05, 4.69) is 5.32 Å². The average Bonchev–Trinajstić information content (AvgIpc) is 2.27. The van der Waals surface area contributed by atoms with Crippen molar-refractivity contribution >= 4 is 0 Å². The molecule has 0 saturated heterocycles. The van der Waals surface area contributed by atoms with Gasteiger partial charge in [0, 0.05) is 12.6 Å². The Kier molecular flexibility index (Phi) is 4.69. The normalized spacial score (nSPS) is 15.0. The quantitative estimate of drug-likeness (QED) is 0.730. The van der Waals surface area contributed by atoms with Gasteiger partial charge in [-0.25, -0.2) is 0 Å². The summed E-state index contributed by atoms with van der Waals surface area (Å²) in [4.78, 5) is 0. The van der Waals surface area contributed by atoms with Crippen LogP contribution in [0.5, 0.6) is 0 Å². The lowest BCUT2D eigenvalue weighted by Gasteiger charge is -2.26. The molecule has 0 radical (unpaired) electrons. The van der Waals surface area contributed by atoms with E-state index in [-0.39, 0.29) is 6.61 Å². The van der Waals surface area contributed by atoms with E-state index in [1.165, 1.54) is 0 Å². The van der Waals surface area contributed by atoms with Gasteiger partial charge in [-0.3, -0.25) is 0 Å². The molecule has 0 fully saturated rings. The van der Waals surface area contributed by atoms with Gasteiger partial charge in [0.25, 0.3) is 0 Å². The molecule has 3 heteroatoms. The van der Waals surface area contributed by atoms with E-state index in [0.29, 0.717) is 12.6 Å². The Morgan fingerprint density at radius 1 is 1.35 bits per heavy atom. The summed E-state index contributed by atoms with van der Waals surface area (Å²) in [7, 11) is 0. The minimum absolute atomic E-state index is 0.00730. The number of benzene rings is 1. The molecule has 0 amide bonds. The molecule has 1 aromatic rings. The molecule has 0 aliphatic carbocycles. The zero-order valence-corrected chi connectivity index (χ0v) is 11.1. The van der Waals surface area contributed by atoms with Crippen LogP contribution >= 0.6 is 0 Å². The van der Waals surface area contributed by atoms with Gasteiger partial charge in [-0.05, 0) is 30.5 Å². The molecular weight excluding hydrogens is 214 g/mol. The minimum Gasteiger partial charge on any atom is -0.392 e. The van der Waals surface area contributed by atoms with Gasteiger partial charge in [0.1, 0.15) is 0 Å². The fraction of sp³-hybridized carbons (Fsp3) is 0.571. The Bertz CT molecular complexity index is 372. The highest BCUT2D eigenvalue weighted by atomic mass is 16.3. The van der Waals surface area contributed by atoms with Gasteiger partial charge in [-0.15, -0.1) is 0 Å². The van der Waals surface area contributed by atoms with Crippen molar-refractivity contribution in [2.24, 2.45) is 0 Å². The van der Waals surface area contributed by atoms with Crippen LogP contribution in [0.3, 0.4) is 0 Å². The Morgan fingerprint density at radius 3 is 2.53 bits per heavy atom. The van der Waals surface area contributed by atoms with Crippen LogP contribution in [0.2, 0.25) is 0 Å². The molecular formula is C14H23NO2. The van der Waals surface area contributed by atoms with Gasteiger partial charge in [0.05, 0.1) is 12.2 Å². The molecule has 1 aromatic carbocycles. The maximum atomic E-state index is 10.4. The largest absolute Gasteiger partial charge is 0.392 e. The third-order valence-electron chi connectivity index (χ3n) is 3.00. The fourth-order valence-electron chi connectivity index (χ4n) is 1.68. The van der Waals surface area contributed by atoms with E-state index in [1.807, 2.05) is 39.0 Å². The molecule has 0 aliphatic heterocycles.